The highest BCUT2D eigenvalue weighted by Crippen LogP contribution is 2.35. The molecule has 0 aliphatic rings. The van der Waals surface area contributed by atoms with E-state index in [-0.39, 0.29) is 11.5 Å². The summed E-state index contributed by atoms with van der Waals surface area (Å²) >= 11 is 3.25. The topological polar surface area (TPSA) is 93.3 Å². The smallest absolute Gasteiger partial charge is 0.307 e. The molecule has 0 saturated carbocycles. The van der Waals surface area contributed by atoms with Gasteiger partial charge in [0.05, 0.1) is 24.4 Å². The molecule has 1 heterocycles. The van der Waals surface area contributed by atoms with Gasteiger partial charge < -0.3 is 19.0 Å². The molecule has 0 aliphatic heterocycles. The third-order valence-electron chi connectivity index (χ3n) is 3.68. The number of halogens is 1. The lowest BCUT2D eigenvalue weighted by Crippen LogP contribution is -2.16. The van der Waals surface area contributed by atoms with Crippen LogP contribution >= 0.6 is 15.9 Å². The molecule has 1 aromatic heterocycles. The Morgan fingerprint density at radius 1 is 1.33 bits per heavy atom. The number of para-hydroxylation sites is 1. The number of phenolic OH excluding ortho intramolecular Hbond substituents is 1. The van der Waals surface area contributed by atoms with E-state index in [9.17, 15) is 9.90 Å². The Balaban J connectivity index is 1.76. The average molecular weight is 433 g/mol. The van der Waals surface area contributed by atoms with Gasteiger partial charge in [-0.1, -0.05) is 12.1 Å². The van der Waals surface area contributed by atoms with Crippen LogP contribution in [0.25, 0.3) is 11.0 Å². The quantitative estimate of drug-likeness (QED) is 0.452. The molecular formula is C19H17BrN2O5. The molecule has 0 bridgehead atoms. The zero-order valence-electron chi connectivity index (χ0n) is 14.7. The number of fused-ring (bicyclic) bond motifs is 1. The number of hydrogen-bond donors (Lipinski definition) is 2. The number of phenols is 1. The third-order valence-corrected chi connectivity index (χ3v) is 4.29. The second kappa shape index (κ2) is 8.13. The van der Waals surface area contributed by atoms with E-state index in [1.54, 1.807) is 24.3 Å². The summed E-state index contributed by atoms with van der Waals surface area (Å²) in [5, 5.41) is 14.6. The van der Waals surface area contributed by atoms with E-state index in [2.05, 4.69) is 26.5 Å². The van der Waals surface area contributed by atoms with Gasteiger partial charge in [-0.2, -0.15) is 5.10 Å². The Morgan fingerprint density at radius 3 is 2.89 bits per heavy atom. The minimum Gasteiger partial charge on any atom is -0.503 e. The van der Waals surface area contributed by atoms with Gasteiger partial charge in [-0.15, -0.1) is 0 Å². The lowest BCUT2D eigenvalue weighted by atomic mass is 10.2. The summed E-state index contributed by atoms with van der Waals surface area (Å²) in [4.78, 5) is 12.3. The lowest BCUT2D eigenvalue weighted by molar-refractivity contribution is 0.0929. The molecule has 27 heavy (non-hydrogen) atoms. The fourth-order valence-corrected chi connectivity index (χ4v) is 2.92. The Kier molecular flexibility index (Phi) is 5.66. The number of furan rings is 1. The molecule has 0 saturated heterocycles. The number of rotatable bonds is 6. The number of aromatic hydroxyl groups is 1. The maximum Gasteiger partial charge on any atom is 0.307 e. The predicted molar refractivity (Wildman–Crippen MR) is 105 cm³/mol. The van der Waals surface area contributed by atoms with Crippen LogP contribution in [0.4, 0.5) is 0 Å². The minimum absolute atomic E-state index is 0.00857. The highest BCUT2D eigenvalue weighted by Gasteiger charge is 2.14. The first-order valence-corrected chi connectivity index (χ1v) is 8.88. The van der Waals surface area contributed by atoms with Crippen molar-refractivity contribution in [2.45, 2.75) is 6.92 Å². The summed E-state index contributed by atoms with van der Waals surface area (Å²) in [5.41, 5.74) is 3.54. The zero-order chi connectivity index (χ0) is 19.4. The number of nitrogens with one attached hydrogen (secondary N) is 1. The molecule has 2 N–H and O–H groups in total. The van der Waals surface area contributed by atoms with Crippen molar-refractivity contribution in [3.05, 3.63) is 52.2 Å². The van der Waals surface area contributed by atoms with Crippen LogP contribution in [0, 0.1) is 0 Å². The summed E-state index contributed by atoms with van der Waals surface area (Å²) in [7, 11) is 1.54. The zero-order valence-corrected chi connectivity index (χ0v) is 16.2. The van der Waals surface area contributed by atoms with Gasteiger partial charge in [0.2, 0.25) is 0 Å². The van der Waals surface area contributed by atoms with E-state index in [0.29, 0.717) is 33.7 Å². The maximum absolute atomic E-state index is 12.3. The molecule has 0 aliphatic carbocycles. The van der Waals surface area contributed by atoms with Crippen LogP contribution in [-0.2, 0) is 0 Å². The molecule has 0 fully saturated rings. The van der Waals surface area contributed by atoms with Crippen LogP contribution in [0.2, 0.25) is 0 Å². The van der Waals surface area contributed by atoms with E-state index in [4.69, 9.17) is 13.9 Å². The van der Waals surface area contributed by atoms with Gasteiger partial charge in [-0.3, -0.25) is 4.79 Å². The van der Waals surface area contributed by atoms with Crippen LogP contribution < -0.4 is 14.9 Å². The fourth-order valence-electron chi connectivity index (χ4n) is 2.46. The van der Waals surface area contributed by atoms with Crippen molar-refractivity contribution >= 4 is 39.0 Å². The second-order valence-electron chi connectivity index (χ2n) is 5.47. The van der Waals surface area contributed by atoms with E-state index in [0.717, 1.165) is 5.39 Å². The Hall–Kier alpha value is -3.00. The molecule has 0 unspecified atom stereocenters. The van der Waals surface area contributed by atoms with Crippen molar-refractivity contribution in [3.63, 3.8) is 0 Å². The Labute approximate surface area is 163 Å². The molecule has 0 atom stereocenters. The summed E-state index contributed by atoms with van der Waals surface area (Å²) in [6, 6.07) is 10.3. The molecule has 0 radical (unpaired) electrons. The van der Waals surface area contributed by atoms with Crippen molar-refractivity contribution in [1.82, 2.24) is 5.43 Å². The summed E-state index contributed by atoms with van der Waals surface area (Å²) in [6.45, 7) is 2.23. The maximum atomic E-state index is 12.3. The molecule has 0 spiro atoms. The SMILES string of the molecule is CCOc1cc(/C=N\NC(=O)c2cc3cccc(OC)c3o2)cc(Br)c1O. The minimum atomic E-state index is -0.493. The van der Waals surface area contributed by atoms with Crippen molar-refractivity contribution in [2.24, 2.45) is 5.10 Å². The molecule has 1 amide bonds. The summed E-state index contributed by atoms with van der Waals surface area (Å²) in [6.07, 6.45) is 1.44. The van der Waals surface area contributed by atoms with Crippen LogP contribution in [0.3, 0.4) is 0 Å². The molecule has 3 aromatic rings. The molecule has 8 heteroatoms. The van der Waals surface area contributed by atoms with Crippen LogP contribution in [0.5, 0.6) is 17.2 Å². The van der Waals surface area contributed by atoms with Gasteiger partial charge in [0.1, 0.15) is 0 Å². The first-order chi connectivity index (χ1) is 13.0. The van der Waals surface area contributed by atoms with Crippen molar-refractivity contribution in [3.8, 4) is 17.2 Å². The number of carbonyl (C=O) groups excluding carboxylic acids is 1. The van der Waals surface area contributed by atoms with Gasteiger partial charge >= 0.3 is 5.91 Å². The van der Waals surface area contributed by atoms with Gasteiger partial charge in [0.25, 0.3) is 0 Å². The number of benzene rings is 2. The Bertz CT molecular complexity index is 1010. The summed E-state index contributed by atoms with van der Waals surface area (Å²) in [5.74, 6) is 0.506. The predicted octanol–water partition coefficient (Wildman–Crippen LogP) is 4.07. The number of methoxy groups -OCH3 is 1. The number of amides is 1. The monoisotopic (exact) mass is 432 g/mol. The standard InChI is InChI=1S/C19H17BrN2O5/c1-3-26-15-8-11(7-13(20)17(15)23)10-21-22-19(24)16-9-12-5-4-6-14(25-2)18(12)27-16/h4-10,23H,3H2,1-2H3,(H,22,24)/b21-10-. The number of hydrazone groups is 1. The summed E-state index contributed by atoms with van der Waals surface area (Å²) < 4.78 is 16.6. The van der Waals surface area contributed by atoms with E-state index in [1.807, 2.05) is 19.1 Å². The third kappa shape index (κ3) is 4.06. The van der Waals surface area contributed by atoms with Crippen LogP contribution in [0.15, 0.2) is 50.4 Å². The van der Waals surface area contributed by atoms with Gasteiger partial charge in [0.15, 0.2) is 28.6 Å². The average Bonchev–Trinajstić information content (AvgIpc) is 3.10. The van der Waals surface area contributed by atoms with E-state index < -0.39 is 5.91 Å². The highest BCUT2D eigenvalue weighted by atomic mass is 79.9. The Morgan fingerprint density at radius 2 is 2.15 bits per heavy atom. The number of ether oxygens (including phenoxy) is 2. The number of carbonyl (C=O) groups is 1. The highest BCUT2D eigenvalue weighted by molar-refractivity contribution is 9.10. The number of nitrogens with zero attached hydrogens (tertiary/aromatic N) is 1. The van der Waals surface area contributed by atoms with Gasteiger partial charge in [0, 0.05) is 5.39 Å². The van der Waals surface area contributed by atoms with E-state index in [1.165, 1.54) is 13.3 Å². The molecular weight excluding hydrogens is 416 g/mol. The largest absolute Gasteiger partial charge is 0.503 e. The fraction of sp³-hybridized carbons (Fsp3) is 0.158. The van der Waals surface area contributed by atoms with Gasteiger partial charge in [-0.05, 0) is 52.7 Å². The molecule has 140 valence electrons. The first kappa shape index (κ1) is 18.8. The van der Waals surface area contributed by atoms with Crippen molar-refractivity contribution < 1.29 is 23.8 Å². The van der Waals surface area contributed by atoms with Crippen molar-refractivity contribution in [1.29, 1.82) is 0 Å². The normalized spacial score (nSPS) is 11.1. The second-order valence-corrected chi connectivity index (χ2v) is 6.33. The van der Waals surface area contributed by atoms with Crippen molar-refractivity contribution in [2.75, 3.05) is 13.7 Å². The molecule has 7 nitrogen and oxygen atoms in total. The number of hydrogen-bond acceptors (Lipinski definition) is 6. The first-order valence-electron chi connectivity index (χ1n) is 8.08. The van der Waals surface area contributed by atoms with Crippen LogP contribution in [0.1, 0.15) is 23.0 Å². The lowest BCUT2D eigenvalue weighted by Gasteiger charge is -2.08. The van der Waals surface area contributed by atoms with Gasteiger partial charge in [-0.25, -0.2) is 5.43 Å². The van der Waals surface area contributed by atoms with E-state index >= 15 is 0 Å². The molecule has 2 aromatic carbocycles. The van der Waals surface area contributed by atoms with Crippen LogP contribution in [-0.4, -0.2) is 30.9 Å². The molecule has 3 rings (SSSR count).